The Balaban J connectivity index is 2.27. The minimum Gasteiger partial charge on any atom is -0.462 e. The number of esters is 1. The van der Waals surface area contributed by atoms with E-state index in [-0.39, 0.29) is 12.5 Å². The highest BCUT2D eigenvalue weighted by Gasteiger charge is 2.37. The van der Waals surface area contributed by atoms with Gasteiger partial charge in [-0.3, -0.25) is 18.9 Å². The number of carbonyl (C=O) groups excluding carboxylic acids is 1. The molecule has 0 amide bonds. The van der Waals surface area contributed by atoms with Gasteiger partial charge in [0.05, 0.1) is 23.7 Å². The van der Waals surface area contributed by atoms with Crippen LogP contribution in [0.2, 0.25) is 0 Å². The molecule has 148 valence electrons. The van der Waals surface area contributed by atoms with Crippen LogP contribution in [0.25, 0.3) is 0 Å². The normalized spacial score (nSPS) is 16.0. The Hall–Kier alpha value is -3.16. The molecule has 0 bridgehead atoms. The summed E-state index contributed by atoms with van der Waals surface area (Å²) >= 11 is 0. The zero-order valence-corrected chi connectivity index (χ0v) is 16.6. The molecule has 3 rings (SSSR count). The topological polar surface area (TPSA) is 95.2 Å². The van der Waals surface area contributed by atoms with Crippen LogP contribution in [0.15, 0.2) is 45.4 Å². The number of nitrogens with one attached hydrogen (secondary N) is 1. The summed E-state index contributed by atoms with van der Waals surface area (Å²) in [5.74, 6) is -0.622. The lowest BCUT2D eigenvalue weighted by atomic mass is 9.83. The average molecular weight is 384 g/mol. The molecule has 0 fully saturated rings. The largest absolute Gasteiger partial charge is 0.462 e. The Morgan fingerprint density at radius 3 is 2.61 bits per heavy atom. The summed E-state index contributed by atoms with van der Waals surface area (Å²) in [6, 6.07) is 3.55. The van der Waals surface area contributed by atoms with E-state index in [1.807, 2.05) is 13.8 Å². The maximum absolute atomic E-state index is 13.0. The number of rotatable bonds is 4. The lowest BCUT2D eigenvalue weighted by Crippen LogP contribution is -2.43. The highest BCUT2D eigenvalue weighted by Crippen LogP contribution is 2.39. The SMILES string of the molecule is CC1=C(C(=O)OCC(C)C)C(c2cccnc2)c2c(n(C)c(=O)n(C)c2=O)N1. The van der Waals surface area contributed by atoms with Crippen LogP contribution in [-0.4, -0.2) is 26.7 Å². The Morgan fingerprint density at radius 2 is 2.00 bits per heavy atom. The van der Waals surface area contributed by atoms with Gasteiger partial charge in [-0.2, -0.15) is 0 Å². The van der Waals surface area contributed by atoms with Crippen LogP contribution in [-0.2, 0) is 23.6 Å². The van der Waals surface area contributed by atoms with E-state index in [9.17, 15) is 14.4 Å². The number of ether oxygens (including phenoxy) is 1. The first-order valence-electron chi connectivity index (χ1n) is 9.08. The predicted octanol–water partition coefficient (Wildman–Crippen LogP) is 1.51. The van der Waals surface area contributed by atoms with Crippen LogP contribution in [0.5, 0.6) is 0 Å². The third kappa shape index (κ3) is 3.26. The summed E-state index contributed by atoms with van der Waals surface area (Å²) in [6.07, 6.45) is 3.24. The second kappa shape index (κ2) is 7.46. The summed E-state index contributed by atoms with van der Waals surface area (Å²) in [4.78, 5) is 42.5. The van der Waals surface area contributed by atoms with Crippen molar-refractivity contribution < 1.29 is 9.53 Å². The molecule has 8 nitrogen and oxygen atoms in total. The van der Waals surface area contributed by atoms with Gasteiger partial charge >= 0.3 is 11.7 Å². The molecule has 2 aromatic heterocycles. The van der Waals surface area contributed by atoms with Crippen molar-refractivity contribution in [1.29, 1.82) is 0 Å². The molecule has 3 heterocycles. The van der Waals surface area contributed by atoms with Gasteiger partial charge in [0.25, 0.3) is 5.56 Å². The van der Waals surface area contributed by atoms with E-state index < -0.39 is 23.1 Å². The minimum absolute atomic E-state index is 0.180. The fraction of sp³-hybridized carbons (Fsp3) is 0.400. The molecule has 0 saturated heterocycles. The number of anilines is 1. The Morgan fingerprint density at radius 1 is 1.29 bits per heavy atom. The van der Waals surface area contributed by atoms with Gasteiger partial charge in [0.2, 0.25) is 0 Å². The van der Waals surface area contributed by atoms with Gasteiger partial charge in [-0.15, -0.1) is 0 Å². The maximum atomic E-state index is 13.0. The summed E-state index contributed by atoms with van der Waals surface area (Å²) in [5.41, 5.74) is 0.979. The molecule has 0 spiro atoms. The molecule has 1 aliphatic heterocycles. The van der Waals surface area contributed by atoms with Crippen molar-refractivity contribution in [1.82, 2.24) is 14.1 Å². The second-order valence-corrected chi connectivity index (χ2v) is 7.34. The van der Waals surface area contributed by atoms with Crippen molar-refractivity contribution in [3.05, 3.63) is 67.8 Å². The number of fused-ring (bicyclic) bond motifs is 1. The predicted molar refractivity (Wildman–Crippen MR) is 105 cm³/mol. The van der Waals surface area contributed by atoms with E-state index in [0.717, 1.165) is 4.57 Å². The van der Waals surface area contributed by atoms with Gasteiger partial charge in [-0.1, -0.05) is 19.9 Å². The van der Waals surface area contributed by atoms with Gasteiger partial charge in [0, 0.05) is 32.2 Å². The van der Waals surface area contributed by atoms with E-state index in [1.165, 1.54) is 11.6 Å². The van der Waals surface area contributed by atoms with E-state index in [2.05, 4.69) is 10.3 Å². The van der Waals surface area contributed by atoms with E-state index >= 15 is 0 Å². The lowest BCUT2D eigenvalue weighted by Gasteiger charge is -2.30. The van der Waals surface area contributed by atoms with Crippen molar-refractivity contribution >= 4 is 11.8 Å². The molecule has 1 aliphatic rings. The first-order chi connectivity index (χ1) is 13.2. The van der Waals surface area contributed by atoms with Crippen molar-refractivity contribution in [2.45, 2.75) is 26.7 Å². The smallest absolute Gasteiger partial charge is 0.336 e. The molecular formula is C20H24N4O4. The fourth-order valence-electron chi connectivity index (χ4n) is 3.36. The zero-order chi connectivity index (χ0) is 20.6. The van der Waals surface area contributed by atoms with E-state index in [1.54, 1.807) is 38.5 Å². The number of pyridine rings is 1. The van der Waals surface area contributed by atoms with Crippen LogP contribution >= 0.6 is 0 Å². The number of hydrogen-bond donors (Lipinski definition) is 1. The van der Waals surface area contributed by atoms with Crippen molar-refractivity contribution in [2.24, 2.45) is 20.0 Å². The highest BCUT2D eigenvalue weighted by atomic mass is 16.5. The molecule has 0 aliphatic carbocycles. The quantitative estimate of drug-likeness (QED) is 0.803. The third-order valence-corrected chi connectivity index (χ3v) is 4.77. The van der Waals surface area contributed by atoms with Crippen molar-refractivity contribution in [3.8, 4) is 0 Å². The zero-order valence-electron chi connectivity index (χ0n) is 16.6. The molecule has 0 saturated carbocycles. The van der Waals surface area contributed by atoms with Crippen molar-refractivity contribution in [2.75, 3.05) is 11.9 Å². The van der Waals surface area contributed by atoms with Gasteiger partial charge in [-0.25, -0.2) is 9.59 Å². The first-order valence-corrected chi connectivity index (χ1v) is 9.08. The summed E-state index contributed by atoms with van der Waals surface area (Å²) in [5, 5.41) is 3.06. The molecule has 8 heteroatoms. The summed E-state index contributed by atoms with van der Waals surface area (Å²) in [6.45, 7) is 5.91. The molecule has 1 unspecified atom stereocenters. The summed E-state index contributed by atoms with van der Waals surface area (Å²) in [7, 11) is 3.01. The minimum atomic E-state index is -0.685. The van der Waals surface area contributed by atoms with Crippen LogP contribution in [0.3, 0.4) is 0 Å². The standard InChI is InChI=1S/C20H24N4O4/c1-11(2)10-28-19(26)14-12(3)22-17-16(15(14)13-7-6-8-21-9-13)18(25)24(5)20(27)23(17)4/h6-9,11,15,22H,10H2,1-5H3. The van der Waals surface area contributed by atoms with E-state index in [0.29, 0.717) is 28.2 Å². The molecular weight excluding hydrogens is 360 g/mol. The van der Waals surface area contributed by atoms with Gasteiger partial charge in [0.15, 0.2) is 0 Å². The van der Waals surface area contributed by atoms with Gasteiger partial charge in [-0.05, 0) is 24.5 Å². The highest BCUT2D eigenvalue weighted by molar-refractivity contribution is 5.94. The van der Waals surface area contributed by atoms with Crippen LogP contribution in [0, 0.1) is 5.92 Å². The van der Waals surface area contributed by atoms with Gasteiger partial charge < -0.3 is 10.1 Å². The average Bonchev–Trinajstić information content (AvgIpc) is 2.68. The second-order valence-electron chi connectivity index (χ2n) is 7.34. The molecule has 0 aromatic carbocycles. The monoisotopic (exact) mass is 384 g/mol. The Bertz CT molecular complexity index is 1060. The number of aromatic nitrogens is 3. The molecule has 1 N–H and O–H groups in total. The molecule has 1 atom stereocenters. The van der Waals surface area contributed by atoms with Crippen molar-refractivity contribution in [3.63, 3.8) is 0 Å². The number of nitrogens with zero attached hydrogens (tertiary/aromatic N) is 3. The number of allylic oxidation sites excluding steroid dienone is 1. The fourth-order valence-corrected chi connectivity index (χ4v) is 3.36. The first kappa shape index (κ1) is 19.6. The Labute approximate surface area is 162 Å². The Kier molecular flexibility index (Phi) is 5.22. The maximum Gasteiger partial charge on any atom is 0.336 e. The molecule has 2 aromatic rings. The van der Waals surface area contributed by atoms with Crippen LogP contribution in [0.4, 0.5) is 5.82 Å². The van der Waals surface area contributed by atoms with Gasteiger partial charge in [0.1, 0.15) is 5.82 Å². The van der Waals surface area contributed by atoms with E-state index in [4.69, 9.17) is 4.74 Å². The van der Waals surface area contributed by atoms with Crippen LogP contribution in [0.1, 0.15) is 37.8 Å². The lowest BCUT2D eigenvalue weighted by molar-refractivity contribution is -0.140. The van der Waals surface area contributed by atoms with Crippen LogP contribution < -0.4 is 16.6 Å². The number of hydrogen-bond acceptors (Lipinski definition) is 6. The molecule has 0 radical (unpaired) electrons. The third-order valence-electron chi connectivity index (χ3n) is 4.77. The number of carbonyl (C=O) groups is 1. The molecule has 28 heavy (non-hydrogen) atoms. The summed E-state index contributed by atoms with van der Waals surface area (Å²) < 4.78 is 7.89.